The van der Waals surface area contributed by atoms with Crippen LogP contribution in [0.4, 0.5) is 13.2 Å². The lowest BCUT2D eigenvalue weighted by atomic mass is 10.3. The largest absolute Gasteiger partial charge is 0.471 e. The van der Waals surface area contributed by atoms with Crippen molar-refractivity contribution < 1.29 is 22.7 Å². The van der Waals surface area contributed by atoms with Gasteiger partial charge in [-0.3, -0.25) is 4.79 Å². The van der Waals surface area contributed by atoms with Gasteiger partial charge in [-0.05, 0) is 6.92 Å². The number of carbonyl (C=O) groups is 1. The van der Waals surface area contributed by atoms with Gasteiger partial charge in [0.05, 0.1) is 6.10 Å². The van der Waals surface area contributed by atoms with Crippen molar-refractivity contribution in [1.29, 1.82) is 0 Å². The Morgan fingerprint density at radius 1 is 1.54 bits per heavy atom. The van der Waals surface area contributed by atoms with Crippen LogP contribution in [0.2, 0.25) is 0 Å². The number of hydrogen-bond acceptors (Lipinski definition) is 2. The zero-order chi connectivity index (χ0) is 10.6. The maximum Gasteiger partial charge on any atom is 0.471 e. The van der Waals surface area contributed by atoms with Gasteiger partial charge >= 0.3 is 12.1 Å². The van der Waals surface area contributed by atoms with Crippen molar-refractivity contribution in [1.82, 2.24) is 4.90 Å². The van der Waals surface area contributed by atoms with Crippen LogP contribution in [0.25, 0.3) is 0 Å². The molecule has 1 atom stereocenters. The Morgan fingerprint density at radius 2 is 2.00 bits per heavy atom. The fourth-order valence-corrected chi connectivity index (χ4v) is 0.760. The second kappa shape index (κ2) is 4.45. The maximum atomic E-state index is 11.8. The maximum absolute atomic E-state index is 11.8. The molecule has 0 saturated heterocycles. The van der Waals surface area contributed by atoms with Crippen LogP contribution in [0, 0.1) is 0 Å². The molecule has 13 heavy (non-hydrogen) atoms. The zero-order valence-electron chi connectivity index (χ0n) is 7.68. The monoisotopic (exact) mass is 199 g/mol. The number of likely N-dealkylation sites (N-methyl/N-ethyl adjacent to an activating group) is 1. The first-order valence-electron chi connectivity index (χ1n) is 3.64. The molecule has 6 heteroatoms. The summed E-state index contributed by atoms with van der Waals surface area (Å²) in [4.78, 5) is 11.2. The van der Waals surface area contributed by atoms with Crippen molar-refractivity contribution in [2.45, 2.75) is 19.2 Å². The van der Waals surface area contributed by atoms with Gasteiger partial charge in [0.25, 0.3) is 0 Å². The number of rotatable bonds is 3. The molecule has 0 aliphatic heterocycles. The molecule has 0 rings (SSSR count). The number of halogens is 3. The lowest BCUT2D eigenvalue weighted by Crippen LogP contribution is -2.42. The van der Waals surface area contributed by atoms with Gasteiger partial charge in [-0.15, -0.1) is 0 Å². The molecule has 0 bridgehead atoms. The van der Waals surface area contributed by atoms with Crippen LogP contribution < -0.4 is 0 Å². The van der Waals surface area contributed by atoms with E-state index in [-0.39, 0.29) is 6.54 Å². The van der Waals surface area contributed by atoms with Crippen LogP contribution in [0.1, 0.15) is 6.92 Å². The molecule has 0 radical (unpaired) electrons. The summed E-state index contributed by atoms with van der Waals surface area (Å²) in [6.45, 7) is 1.51. The number of ether oxygens (including phenoxy) is 1. The average Bonchev–Trinajstić information content (AvgIpc) is 2.01. The SMILES string of the molecule is COC(C)CN(C)C(=O)C(F)(F)F. The molecular formula is C7H12F3NO2. The Bertz CT molecular complexity index is 181. The van der Waals surface area contributed by atoms with E-state index in [0.717, 1.165) is 7.05 Å². The third kappa shape index (κ3) is 4.12. The summed E-state index contributed by atoms with van der Waals surface area (Å²) in [5, 5.41) is 0. The first-order chi connectivity index (χ1) is 5.79. The van der Waals surface area contributed by atoms with E-state index in [0.29, 0.717) is 4.90 Å². The van der Waals surface area contributed by atoms with E-state index in [1.807, 2.05) is 0 Å². The van der Waals surface area contributed by atoms with E-state index in [4.69, 9.17) is 4.74 Å². The third-order valence-corrected chi connectivity index (χ3v) is 1.52. The van der Waals surface area contributed by atoms with E-state index < -0.39 is 18.2 Å². The summed E-state index contributed by atoms with van der Waals surface area (Å²) in [7, 11) is 2.46. The molecule has 1 unspecified atom stereocenters. The number of carbonyl (C=O) groups excluding carboxylic acids is 1. The van der Waals surface area contributed by atoms with E-state index in [1.165, 1.54) is 7.11 Å². The van der Waals surface area contributed by atoms with Gasteiger partial charge in [-0.1, -0.05) is 0 Å². The van der Waals surface area contributed by atoms with Crippen molar-refractivity contribution >= 4 is 5.91 Å². The highest BCUT2D eigenvalue weighted by molar-refractivity contribution is 5.81. The molecular weight excluding hydrogens is 187 g/mol. The van der Waals surface area contributed by atoms with E-state index >= 15 is 0 Å². The molecule has 0 aromatic rings. The lowest BCUT2D eigenvalue weighted by Gasteiger charge is -2.21. The van der Waals surface area contributed by atoms with Crippen molar-refractivity contribution in [3.63, 3.8) is 0 Å². The number of nitrogens with zero attached hydrogens (tertiary/aromatic N) is 1. The minimum Gasteiger partial charge on any atom is -0.380 e. The Kier molecular flexibility index (Phi) is 4.19. The number of amides is 1. The Balaban J connectivity index is 4.12. The first-order valence-corrected chi connectivity index (χ1v) is 3.64. The van der Waals surface area contributed by atoms with Crippen molar-refractivity contribution in [2.75, 3.05) is 20.7 Å². The molecule has 0 spiro atoms. The molecule has 0 heterocycles. The third-order valence-electron chi connectivity index (χ3n) is 1.52. The number of alkyl halides is 3. The zero-order valence-corrected chi connectivity index (χ0v) is 7.68. The van der Waals surface area contributed by atoms with Gasteiger partial charge in [-0.25, -0.2) is 0 Å². The van der Waals surface area contributed by atoms with Crippen LogP contribution in [-0.2, 0) is 9.53 Å². The fourth-order valence-electron chi connectivity index (χ4n) is 0.760. The van der Waals surface area contributed by atoms with Gasteiger partial charge in [0.2, 0.25) is 0 Å². The summed E-state index contributed by atoms with van der Waals surface area (Å²) >= 11 is 0. The number of methoxy groups -OCH3 is 1. The van der Waals surface area contributed by atoms with Crippen molar-refractivity contribution in [3.8, 4) is 0 Å². The topological polar surface area (TPSA) is 29.5 Å². The van der Waals surface area contributed by atoms with Gasteiger partial charge in [0, 0.05) is 20.7 Å². The summed E-state index contributed by atoms with van der Waals surface area (Å²) in [6, 6.07) is 0. The molecule has 0 aliphatic carbocycles. The summed E-state index contributed by atoms with van der Waals surface area (Å²) in [5.41, 5.74) is 0. The van der Waals surface area contributed by atoms with Crippen LogP contribution in [0.3, 0.4) is 0 Å². The Hall–Kier alpha value is -0.780. The molecule has 0 N–H and O–H groups in total. The van der Waals surface area contributed by atoms with E-state index in [9.17, 15) is 18.0 Å². The molecule has 0 saturated carbocycles. The Morgan fingerprint density at radius 3 is 2.31 bits per heavy atom. The molecule has 1 amide bonds. The molecule has 0 aromatic carbocycles. The van der Waals surface area contributed by atoms with E-state index in [2.05, 4.69) is 0 Å². The normalized spacial score (nSPS) is 14.0. The highest BCUT2D eigenvalue weighted by Gasteiger charge is 2.41. The first kappa shape index (κ1) is 12.2. The minimum atomic E-state index is -4.80. The molecule has 0 aliphatic rings. The molecule has 0 aromatic heterocycles. The highest BCUT2D eigenvalue weighted by Crippen LogP contribution is 2.17. The number of hydrogen-bond donors (Lipinski definition) is 0. The summed E-state index contributed by atoms with van der Waals surface area (Å²) in [6.07, 6.45) is -5.21. The second-order valence-electron chi connectivity index (χ2n) is 2.73. The van der Waals surface area contributed by atoms with Crippen LogP contribution in [0.15, 0.2) is 0 Å². The quantitative estimate of drug-likeness (QED) is 0.679. The fraction of sp³-hybridized carbons (Fsp3) is 0.857. The van der Waals surface area contributed by atoms with Gasteiger partial charge in [-0.2, -0.15) is 13.2 Å². The van der Waals surface area contributed by atoms with Crippen LogP contribution >= 0.6 is 0 Å². The highest BCUT2D eigenvalue weighted by atomic mass is 19.4. The predicted octanol–water partition coefficient (Wildman–Crippen LogP) is 1.04. The second-order valence-corrected chi connectivity index (χ2v) is 2.73. The molecule has 78 valence electrons. The lowest BCUT2D eigenvalue weighted by molar-refractivity contribution is -0.185. The van der Waals surface area contributed by atoms with Gasteiger partial charge in [0.1, 0.15) is 0 Å². The smallest absolute Gasteiger partial charge is 0.380 e. The summed E-state index contributed by atoms with van der Waals surface area (Å²) < 4.78 is 40.2. The van der Waals surface area contributed by atoms with Crippen LogP contribution in [-0.4, -0.2) is 43.8 Å². The molecule has 0 fully saturated rings. The van der Waals surface area contributed by atoms with Gasteiger partial charge in [0.15, 0.2) is 0 Å². The Labute approximate surface area is 74.5 Å². The van der Waals surface area contributed by atoms with Gasteiger partial charge < -0.3 is 9.64 Å². The molecule has 3 nitrogen and oxygen atoms in total. The van der Waals surface area contributed by atoms with Crippen LogP contribution in [0.5, 0.6) is 0 Å². The average molecular weight is 199 g/mol. The van der Waals surface area contributed by atoms with Crippen molar-refractivity contribution in [2.24, 2.45) is 0 Å². The van der Waals surface area contributed by atoms with E-state index in [1.54, 1.807) is 6.92 Å². The summed E-state index contributed by atoms with van der Waals surface area (Å²) in [5.74, 6) is -1.85. The van der Waals surface area contributed by atoms with Crippen molar-refractivity contribution in [3.05, 3.63) is 0 Å². The standard InChI is InChI=1S/C7H12F3NO2/c1-5(13-3)4-11(2)6(12)7(8,9)10/h5H,4H2,1-3H3. The predicted molar refractivity (Wildman–Crippen MR) is 40.2 cm³/mol. The minimum absolute atomic E-state index is 0.0746.